The monoisotopic (exact) mass is 341 g/mol. The van der Waals surface area contributed by atoms with Crippen LogP contribution in [0.4, 0.5) is 0 Å². The summed E-state index contributed by atoms with van der Waals surface area (Å²) in [7, 11) is 0. The Morgan fingerprint density at radius 2 is 2.30 bits per heavy atom. The van der Waals surface area contributed by atoms with E-state index in [1.54, 1.807) is 6.07 Å². The molecule has 110 valence electrons. The summed E-state index contributed by atoms with van der Waals surface area (Å²) in [6, 6.07) is 5.56. The van der Waals surface area contributed by atoms with Gasteiger partial charge in [0, 0.05) is 23.2 Å². The summed E-state index contributed by atoms with van der Waals surface area (Å²) in [4.78, 5) is 12.0. The minimum Gasteiger partial charge on any atom is -0.389 e. The van der Waals surface area contributed by atoms with Crippen molar-refractivity contribution in [2.75, 3.05) is 19.8 Å². The summed E-state index contributed by atoms with van der Waals surface area (Å²) in [6.07, 6.45) is 1.80. The zero-order valence-corrected chi connectivity index (χ0v) is 13.1. The molecule has 0 heterocycles. The van der Waals surface area contributed by atoms with Crippen LogP contribution in [0.15, 0.2) is 22.7 Å². The van der Waals surface area contributed by atoms with Gasteiger partial charge in [0.2, 0.25) is 0 Å². The van der Waals surface area contributed by atoms with Crippen molar-refractivity contribution < 1.29 is 14.6 Å². The van der Waals surface area contributed by atoms with E-state index in [4.69, 9.17) is 4.74 Å². The van der Waals surface area contributed by atoms with Crippen molar-refractivity contribution in [3.8, 4) is 0 Å². The molecular formula is C15H20BrNO3. The number of nitrogens with one attached hydrogen (secondary N) is 1. The molecule has 1 unspecified atom stereocenters. The van der Waals surface area contributed by atoms with Crippen molar-refractivity contribution in [1.29, 1.82) is 0 Å². The van der Waals surface area contributed by atoms with Gasteiger partial charge < -0.3 is 15.2 Å². The number of rotatable bonds is 7. The molecular weight excluding hydrogens is 322 g/mol. The van der Waals surface area contributed by atoms with Crippen LogP contribution in [0.1, 0.15) is 28.8 Å². The molecule has 0 saturated heterocycles. The summed E-state index contributed by atoms with van der Waals surface area (Å²) < 4.78 is 6.25. The lowest BCUT2D eigenvalue weighted by Crippen LogP contribution is -2.35. The summed E-state index contributed by atoms with van der Waals surface area (Å²) in [6.45, 7) is 3.08. The molecule has 1 atom stereocenters. The number of aryl methyl sites for hydroxylation is 1. The van der Waals surface area contributed by atoms with Crippen molar-refractivity contribution in [3.63, 3.8) is 0 Å². The maximum Gasteiger partial charge on any atom is 0.251 e. The van der Waals surface area contributed by atoms with E-state index in [1.807, 2.05) is 19.1 Å². The fraction of sp³-hybridized carbons (Fsp3) is 0.533. The third-order valence-electron chi connectivity index (χ3n) is 3.30. The van der Waals surface area contributed by atoms with E-state index in [0.717, 1.165) is 16.6 Å². The molecule has 1 aromatic carbocycles. The van der Waals surface area contributed by atoms with Gasteiger partial charge in [-0.3, -0.25) is 4.79 Å². The SMILES string of the molecule is Cc1ccc(Br)cc1C(=O)NCC(O)COCC1CC1. The van der Waals surface area contributed by atoms with Crippen molar-refractivity contribution >= 4 is 21.8 Å². The molecule has 0 aromatic heterocycles. The first-order chi connectivity index (χ1) is 9.56. The van der Waals surface area contributed by atoms with E-state index in [2.05, 4.69) is 21.2 Å². The highest BCUT2D eigenvalue weighted by atomic mass is 79.9. The van der Waals surface area contributed by atoms with Gasteiger partial charge in [-0.25, -0.2) is 0 Å². The van der Waals surface area contributed by atoms with Crippen LogP contribution in [0.25, 0.3) is 0 Å². The van der Waals surface area contributed by atoms with Crippen LogP contribution in [-0.4, -0.2) is 36.9 Å². The average molecular weight is 342 g/mol. The number of carbonyl (C=O) groups is 1. The molecule has 2 N–H and O–H groups in total. The molecule has 1 aliphatic rings. The van der Waals surface area contributed by atoms with Crippen molar-refractivity contribution in [2.24, 2.45) is 5.92 Å². The molecule has 0 bridgehead atoms. The summed E-state index contributed by atoms with van der Waals surface area (Å²) >= 11 is 3.35. The Morgan fingerprint density at radius 1 is 1.55 bits per heavy atom. The van der Waals surface area contributed by atoms with Crippen molar-refractivity contribution in [3.05, 3.63) is 33.8 Å². The summed E-state index contributed by atoms with van der Waals surface area (Å²) in [5.41, 5.74) is 1.52. The second-order valence-electron chi connectivity index (χ2n) is 5.30. The first-order valence-electron chi connectivity index (χ1n) is 6.86. The highest BCUT2D eigenvalue weighted by molar-refractivity contribution is 9.10. The second-order valence-corrected chi connectivity index (χ2v) is 6.22. The zero-order valence-electron chi connectivity index (χ0n) is 11.6. The first kappa shape index (κ1) is 15.5. The van der Waals surface area contributed by atoms with E-state index in [0.29, 0.717) is 11.5 Å². The van der Waals surface area contributed by atoms with E-state index in [-0.39, 0.29) is 19.1 Å². The van der Waals surface area contributed by atoms with Crippen LogP contribution in [0.3, 0.4) is 0 Å². The average Bonchev–Trinajstić information content (AvgIpc) is 3.23. The Morgan fingerprint density at radius 3 is 3.00 bits per heavy atom. The molecule has 1 amide bonds. The third kappa shape index (κ3) is 4.89. The molecule has 1 saturated carbocycles. The molecule has 5 heteroatoms. The quantitative estimate of drug-likeness (QED) is 0.799. The molecule has 1 aromatic rings. The second kappa shape index (κ2) is 7.20. The largest absolute Gasteiger partial charge is 0.389 e. The number of benzene rings is 1. The number of hydrogen-bond acceptors (Lipinski definition) is 3. The normalized spacial score (nSPS) is 15.9. The molecule has 0 radical (unpaired) electrons. The van der Waals surface area contributed by atoms with Crippen LogP contribution in [0.5, 0.6) is 0 Å². The zero-order chi connectivity index (χ0) is 14.5. The lowest BCUT2D eigenvalue weighted by Gasteiger charge is -2.13. The molecule has 4 nitrogen and oxygen atoms in total. The Balaban J connectivity index is 1.74. The fourth-order valence-corrected chi connectivity index (χ4v) is 2.22. The fourth-order valence-electron chi connectivity index (χ4n) is 1.86. The maximum atomic E-state index is 12.0. The minimum absolute atomic E-state index is 0.176. The summed E-state index contributed by atoms with van der Waals surface area (Å²) in [5, 5.41) is 12.5. The number of halogens is 1. The molecule has 1 fully saturated rings. The van der Waals surface area contributed by atoms with Crippen LogP contribution >= 0.6 is 15.9 Å². The minimum atomic E-state index is -0.662. The van der Waals surface area contributed by atoms with Crippen LogP contribution in [0.2, 0.25) is 0 Å². The Labute approximate surface area is 127 Å². The molecule has 0 aliphatic heterocycles. The van der Waals surface area contributed by atoms with E-state index < -0.39 is 6.10 Å². The molecule has 0 spiro atoms. The Hall–Kier alpha value is -0.910. The van der Waals surface area contributed by atoms with Gasteiger partial charge >= 0.3 is 0 Å². The Kier molecular flexibility index (Phi) is 5.57. The standard InChI is InChI=1S/C15H20BrNO3/c1-10-2-5-12(16)6-14(10)15(19)17-7-13(18)9-20-8-11-3-4-11/h2,5-6,11,13,18H,3-4,7-9H2,1H3,(H,17,19). The van der Waals surface area contributed by atoms with Gasteiger partial charge in [0.15, 0.2) is 0 Å². The number of aliphatic hydroxyl groups excluding tert-OH is 1. The van der Waals surface area contributed by atoms with Gasteiger partial charge in [0.05, 0.1) is 12.7 Å². The van der Waals surface area contributed by atoms with E-state index in [9.17, 15) is 9.90 Å². The van der Waals surface area contributed by atoms with Gasteiger partial charge in [-0.05, 0) is 43.4 Å². The van der Waals surface area contributed by atoms with Crippen LogP contribution in [0, 0.1) is 12.8 Å². The van der Waals surface area contributed by atoms with Gasteiger partial charge in [0.1, 0.15) is 0 Å². The van der Waals surface area contributed by atoms with Crippen LogP contribution < -0.4 is 5.32 Å². The Bertz CT molecular complexity index is 474. The van der Waals surface area contributed by atoms with Crippen LogP contribution in [-0.2, 0) is 4.74 Å². The lowest BCUT2D eigenvalue weighted by atomic mass is 10.1. The highest BCUT2D eigenvalue weighted by Crippen LogP contribution is 2.28. The van der Waals surface area contributed by atoms with Gasteiger partial charge in [0.25, 0.3) is 5.91 Å². The number of ether oxygens (including phenoxy) is 1. The van der Waals surface area contributed by atoms with E-state index >= 15 is 0 Å². The van der Waals surface area contributed by atoms with Gasteiger partial charge in [-0.1, -0.05) is 22.0 Å². The number of hydrogen-bond donors (Lipinski definition) is 2. The van der Waals surface area contributed by atoms with Crippen molar-refractivity contribution in [2.45, 2.75) is 25.9 Å². The number of carbonyl (C=O) groups excluding carboxylic acids is 1. The summed E-state index contributed by atoms with van der Waals surface area (Å²) in [5.74, 6) is 0.506. The topological polar surface area (TPSA) is 58.6 Å². The smallest absolute Gasteiger partial charge is 0.251 e. The van der Waals surface area contributed by atoms with Crippen molar-refractivity contribution in [1.82, 2.24) is 5.32 Å². The molecule has 20 heavy (non-hydrogen) atoms. The highest BCUT2D eigenvalue weighted by Gasteiger charge is 2.21. The maximum absolute atomic E-state index is 12.0. The molecule has 1 aliphatic carbocycles. The molecule has 2 rings (SSSR count). The lowest BCUT2D eigenvalue weighted by molar-refractivity contribution is 0.0320. The predicted molar refractivity (Wildman–Crippen MR) is 80.8 cm³/mol. The first-order valence-corrected chi connectivity index (χ1v) is 7.65. The predicted octanol–water partition coefficient (Wildman–Crippen LogP) is 2.27. The van der Waals surface area contributed by atoms with E-state index in [1.165, 1.54) is 12.8 Å². The number of amides is 1. The van der Waals surface area contributed by atoms with Gasteiger partial charge in [-0.2, -0.15) is 0 Å². The number of aliphatic hydroxyl groups is 1. The third-order valence-corrected chi connectivity index (χ3v) is 3.80. The van der Waals surface area contributed by atoms with Gasteiger partial charge in [-0.15, -0.1) is 0 Å².